The number of nitrogens with one attached hydrogen (secondary N) is 1. The van der Waals surface area contributed by atoms with Crippen molar-refractivity contribution in [3.05, 3.63) is 81.1 Å². The van der Waals surface area contributed by atoms with Gasteiger partial charge in [0.25, 0.3) is 11.6 Å². The average Bonchev–Trinajstić information content (AvgIpc) is 3.14. The Kier molecular flexibility index (Phi) is 5.39. The quantitative estimate of drug-likeness (QED) is 0.341. The molecule has 0 aliphatic heterocycles. The van der Waals surface area contributed by atoms with Crippen molar-refractivity contribution in [2.75, 3.05) is 5.32 Å². The highest BCUT2D eigenvalue weighted by Crippen LogP contribution is 2.30. The van der Waals surface area contributed by atoms with Crippen LogP contribution >= 0.6 is 11.6 Å². The Balaban J connectivity index is 1.81. The van der Waals surface area contributed by atoms with Crippen molar-refractivity contribution in [2.45, 2.75) is 20.4 Å². The molecule has 4 rings (SSSR count). The molecule has 0 unspecified atom stereocenters. The van der Waals surface area contributed by atoms with Crippen LogP contribution in [-0.2, 0) is 6.54 Å². The Labute approximate surface area is 182 Å². The summed E-state index contributed by atoms with van der Waals surface area (Å²) >= 11 is 6.16. The maximum Gasteiger partial charge on any atom is 0.271 e. The first-order valence-electron chi connectivity index (χ1n) is 9.57. The second kappa shape index (κ2) is 8.16. The Bertz CT molecular complexity index is 1330. The van der Waals surface area contributed by atoms with Crippen molar-refractivity contribution in [3.8, 4) is 11.3 Å². The molecule has 0 aliphatic rings. The molecule has 1 amide bonds. The molecule has 31 heavy (non-hydrogen) atoms. The first-order valence-corrected chi connectivity index (χ1v) is 9.94. The van der Waals surface area contributed by atoms with E-state index < -0.39 is 10.8 Å². The molecule has 0 bridgehead atoms. The molecule has 156 valence electrons. The molecule has 0 spiro atoms. The average molecular weight is 436 g/mol. The maximum absolute atomic E-state index is 13.2. The first-order chi connectivity index (χ1) is 14.9. The summed E-state index contributed by atoms with van der Waals surface area (Å²) in [6, 6.07) is 12.9. The van der Waals surface area contributed by atoms with Gasteiger partial charge in [-0.3, -0.25) is 19.6 Å². The maximum atomic E-state index is 13.2. The molecule has 0 fully saturated rings. The van der Waals surface area contributed by atoms with Crippen molar-refractivity contribution in [2.24, 2.45) is 0 Å². The third-order valence-electron chi connectivity index (χ3n) is 5.05. The lowest BCUT2D eigenvalue weighted by Crippen LogP contribution is -2.13. The number of fused-ring (bicyclic) bond motifs is 1. The molecular formula is C22H18ClN5O3. The molecule has 0 saturated carbocycles. The molecule has 2 aromatic heterocycles. The summed E-state index contributed by atoms with van der Waals surface area (Å²) in [6.07, 6.45) is 1.73. The molecule has 0 aliphatic carbocycles. The number of hydrogen-bond donors (Lipinski definition) is 1. The van der Waals surface area contributed by atoms with E-state index in [0.29, 0.717) is 22.2 Å². The Morgan fingerprint density at radius 3 is 2.71 bits per heavy atom. The number of para-hydroxylation sites is 1. The second-order valence-corrected chi connectivity index (χ2v) is 7.31. The van der Waals surface area contributed by atoms with Gasteiger partial charge in [-0.2, -0.15) is 5.10 Å². The van der Waals surface area contributed by atoms with Crippen molar-refractivity contribution in [1.82, 2.24) is 14.8 Å². The van der Waals surface area contributed by atoms with E-state index in [-0.39, 0.29) is 16.4 Å². The highest BCUT2D eigenvalue weighted by molar-refractivity contribution is 6.34. The van der Waals surface area contributed by atoms with E-state index in [1.807, 2.05) is 36.7 Å². The summed E-state index contributed by atoms with van der Waals surface area (Å²) in [6.45, 7) is 4.67. The normalized spacial score (nSPS) is 10.9. The third kappa shape index (κ3) is 3.85. The van der Waals surface area contributed by atoms with Crippen LogP contribution in [0.2, 0.25) is 5.02 Å². The van der Waals surface area contributed by atoms with Crippen molar-refractivity contribution < 1.29 is 9.72 Å². The number of amides is 1. The minimum atomic E-state index is -0.542. The number of hydrogen-bond acceptors (Lipinski definition) is 5. The predicted molar refractivity (Wildman–Crippen MR) is 119 cm³/mol. The number of anilines is 1. The highest BCUT2D eigenvalue weighted by atomic mass is 35.5. The lowest BCUT2D eigenvalue weighted by molar-refractivity contribution is -0.384. The number of nitro groups is 1. The minimum Gasteiger partial charge on any atom is -0.320 e. The summed E-state index contributed by atoms with van der Waals surface area (Å²) in [4.78, 5) is 28.5. The van der Waals surface area contributed by atoms with Crippen LogP contribution in [-0.4, -0.2) is 25.6 Å². The number of nitro benzene ring substituents is 1. The van der Waals surface area contributed by atoms with Crippen molar-refractivity contribution in [3.63, 3.8) is 0 Å². The molecule has 0 radical (unpaired) electrons. The van der Waals surface area contributed by atoms with Gasteiger partial charge in [0.05, 0.1) is 38.6 Å². The topological polar surface area (TPSA) is 103 Å². The zero-order chi connectivity index (χ0) is 22.1. The molecule has 1 N–H and O–H groups in total. The highest BCUT2D eigenvalue weighted by Gasteiger charge is 2.18. The largest absolute Gasteiger partial charge is 0.320 e. The van der Waals surface area contributed by atoms with Gasteiger partial charge in [-0.1, -0.05) is 29.8 Å². The molecule has 4 aromatic rings. The van der Waals surface area contributed by atoms with Crippen molar-refractivity contribution >= 4 is 39.8 Å². The number of benzene rings is 2. The van der Waals surface area contributed by atoms with E-state index in [0.717, 1.165) is 17.8 Å². The SMILES string of the molecule is CCn1ncc(-c2cc(C(=O)Nc3cc([N+](=O)[O-])ccc3Cl)c3ccccc3n2)c1C. The number of non-ortho nitro benzene ring substituents is 1. The second-order valence-electron chi connectivity index (χ2n) is 6.91. The Morgan fingerprint density at radius 2 is 2.00 bits per heavy atom. The van der Waals surface area contributed by atoms with E-state index >= 15 is 0 Å². The summed E-state index contributed by atoms with van der Waals surface area (Å²) in [5.41, 5.74) is 3.42. The molecular weight excluding hydrogens is 418 g/mol. The van der Waals surface area contributed by atoms with Crippen LogP contribution in [0.5, 0.6) is 0 Å². The standard InChI is InChI=1S/C22H18ClN5O3/c1-3-27-13(2)17(12-24-27)20-11-16(15-6-4-5-7-19(15)25-20)22(29)26-21-10-14(28(30)31)8-9-18(21)23/h4-12H,3H2,1-2H3,(H,26,29). The number of pyridine rings is 1. The van der Waals surface area contributed by atoms with Gasteiger partial charge in [0.2, 0.25) is 0 Å². The summed E-state index contributed by atoms with van der Waals surface area (Å²) in [7, 11) is 0. The fourth-order valence-electron chi connectivity index (χ4n) is 3.43. The van der Waals surface area contributed by atoms with Gasteiger partial charge >= 0.3 is 0 Å². The molecule has 8 nitrogen and oxygen atoms in total. The van der Waals surface area contributed by atoms with Crippen molar-refractivity contribution in [1.29, 1.82) is 0 Å². The van der Waals surface area contributed by atoms with Crippen LogP contribution in [0.1, 0.15) is 23.0 Å². The molecule has 2 aromatic carbocycles. The van der Waals surface area contributed by atoms with Gasteiger partial charge in [0.1, 0.15) is 0 Å². The van der Waals surface area contributed by atoms with Gasteiger partial charge in [0, 0.05) is 35.3 Å². The lowest BCUT2D eigenvalue weighted by atomic mass is 10.0. The number of aryl methyl sites for hydroxylation is 1. The van der Waals surface area contributed by atoms with E-state index in [4.69, 9.17) is 16.6 Å². The van der Waals surface area contributed by atoms with Crippen LogP contribution < -0.4 is 5.32 Å². The molecule has 0 saturated heterocycles. The molecule has 0 atom stereocenters. The summed E-state index contributed by atoms with van der Waals surface area (Å²) < 4.78 is 1.86. The minimum absolute atomic E-state index is 0.164. The Morgan fingerprint density at radius 1 is 1.23 bits per heavy atom. The number of nitrogens with zero attached hydrogens (tertiary/aromatic N) is 4. The lowest BCUT2D eigenvalue weighted by Gasteiger charge is -2.11. The third-order valence-corrected chi connectivity index (χ3v) is 5.38. The summed E-state index contributed by atoms with van der Waals surface area (Å²) in [5.74, 6) is -0.442. The fourth-order valence-corrected chi connectivity index (χ4v) is 3.60. The smallest absolute Gasteiger partial charge is 0.271 e. The number of carbonyl (C=O) groups excluding carboxylic acids is 1. The van der Waals surface area contributed by atoms with Gasteiger partial charge in [0.15, 0.2) is 0 Å². The van der Waals surface area contributed by atoms with E-state index in [1.54, 1.807) is 18.3 Å². The number of aromatic nitrogens is 3. The molecule has 9 heteroatoms. The van der Waals surface area contributed by atoms with Crippen LogP contribution in [0.25, 0.3) is 22.2 Å². The number of halogens is 1. The van der Waals surface area contributed by atoms with Crippen LogP contribution in [0.4, 0.5) is 11.4 Å². The van der Waals surface area contributed by atoms with Gasteiger partial charge < -0.3 is 5.32 Å². The van der Waals surface area contributed by atoms with E-state index in [9.17, 15) is 14.9 Å². The number of carbonyl (C=O) groups is 1. The Hall–Kier alpha value is -3.78. The van der Waals surface area contributed by atoms with Gasteiger partial charge in [-0.05, 0) is 32.0 Å². The van der Waals surface area contributed by atoms with Gasteiger partial charge in [-0.25, -0.2) is 4.98 Å². The zero-order valence-corrected chi connectivity index (χ0v) is 17.6. The van der Waals surface area contributed by atoms with Gasteiger partial charge in [-0.15, -0.1) is 0 Å². The molecule has 2 heterocycles. The monoisotopic (exact) mass is 435 g/mol. The number of rotatable bonds is 5. The fraction of sp³-hybridized carbons (Fsp3) is 0.136. The van der Waals surface area contributed by atoms with Crippen LogP contribution in [0, 0.1) is 17.0 Å². The summed E-state index contributed by atoms with van der Waals surface area (Å²) in [5, 5.41) is 19.0. The van der Waals surface area contributed by atoms with Crippen LogP contribution in [0.15, 0.2) is 54.7 Å². The predicted octanol–water partition coefficient (Wildman–Crippen LogP) is 5.24. The van der Waals surface area contributed by atoms with Crippen LogP contribution in [0.3, 0.4) is 0 Å². The van der Waals surface area contributed by atoms with E-state index in [1.165, 1.54) is 18.2 Å². The van der Waals surface area contributed by atoms with E-state index in [2.05, 4.69) is 10.4 Å². The zero-order valence-electron chi connectivity index (χ0n) is 16.8. The first kappa shape index (κ1) is 20.5.